The Morgan fingerprint density at radius 2 is 1.67 bits per heavy atom. The number of amides is 2. The zero-order valence-electron chi connectivity index (χ0n) is 10.9. The summed E-state index contributed by atoms with van der Waals surface area (Å²) in [5.41, 5.74) is 0. The van der Waals surface area contributed by atoms with Gasteiger partial charge in [-0.1, -0.05) is 13.0 Å². The second-order valence-electron chi connectivity index (χ2n) is 3.89. The van der Waals surface area contributed by atoms with Gasteiger partial charge >= 0.3 is 0 Å². The quantitative estimate of drug-likeness (QED) is 0.478. The second-order valence-corrected chi connectivity index (χ2v) is 3.89. The van der Waals surface area contributed by atoms with Gasteiger partial charge in [0.25, 0.3) is 0 Å². The van der Waals surface area contributed by atoms with Gasteiger partial charge in [-0.05, 0) is 13.3 Å². The second kappa shape index (κ2) is 9.35. The van der Waals surface area contributed by atoms with Crippen LogP contribution in [0.5, 0.6) is 0 Å². The molecule has 1 unspecified atom stereocenters. The standard InChI is InChI=1S/C12H21N3O3/c1-4-10(5-2)13-7-11(17)15-8-12(18)14-6-9(3)16/h4,10,13H,1,5-8H2,2-3H3,(H,14,18)(H,15,17). The number of ketones is 1. The molecule has 0 saturated carbocycles. The van der Waals surface area contributed by atoms with Gasteiger partial charge in [-0.25, -0.2) is 0 Å². The summed E-state index contributed by atoms with van der Waals surface area (Å²) in [5, 5.41) is 7.81. The molecule has 0 heterocycles. The van der Waals surface area contributed by atoms with Crippen molar-refractivity contribution in [2.24, 2.45) is 0 Å². The number of carbonyl (C=O) groups excluding carboxylic acids is 3. The molecule has 2 amide bonds. The van der Waals surface area contributed by atoms with E-state index in [1.807, 2.05) is 6.92 Å². The lowest BCUT2D eigenvalue weighted by Gasteiger charge is -2.12. The van der Waals surface area contributed by atoms with E-state index in [1.54, 1.807) is 6.08 Å². The van der Waals surface area contributed by atoms with Gasteiger partial charge in [0.05, 0.1) is 19.6 Å². The van der Waals surface area contributed by atoms with Crippen LogP contribution in [0.2, 0.25) is 0 Å². The fourth-order valence-electron chi connectivity index (χ4n) is 1.15. The molecule has 0 fully saturated rings. The molecule has 6 nitrogen and oxygen atoms in total. The molecule has 0 aliphatic heterocycles. The van der Waals surface area contributed by atoms with E-state index < -0.39 is 0 Å². The minimum Gasteiger partial charge on any atom is -0.348 e. The van der Waals surface area contributed by atoms with Gasteiger partial charge < -0.3 is 16.0 Å². The molecular weight excluding hydrogens is 234 g/mol. The predicted molar refractivity (Wildman–Crippen MR) is 69.0 cm³/mol. The normalized spacial score (nSPS) is 11.4. The van der Waals surface area contributed by atoms with Crippen LogP contribution in [0.4, 0.5) is 0 Å². The molecule has 0 spiro atoms. The van der Waals surface area contributed by atoms with E-state index in [0.717, 1.165) is 6.42 Å². The molecule has 0 aliphatic carbocycles. The Kier molecular flexibility index (Phi) is 8.47. The lowest BCUT2D eigenvalue weighted by molar-refractivity contribution is -0.126. The summed E-state index contributed by atoms with van der Waals surface area (Å²) >= 11 is 0. The van der Waals surface area contributed by atoms with Crippen molar-refractivity contribution in [3.05, 3.63) is 12.7 Å². The van der Waals surface area contributed by atoms with Crippen LogP contribution in [-0.2, 0) is 14.4 Å². The zero-order valence-corrected chi connectivity index (χ0v) is 10.9. The van der Waals surface area contributed by atoms with Crippen molar-refractivity contribution in [2.45, 2.75) is 26.3 Å². The average Bonchev–Trinajstić information content (AvgIpc) is 2.35. The van der Waals surface area contributed by atoms with Gasteiger partial charge in [-0.2, -0.15) is 0 Å². The Labute approximate surface area is 107 Å². The van der Waals surface area contributed by atoms with E-state index in [9.17, 15) is 14.4 Å². The number of rotatable bonds is 9. The number of nitrogens with one attached hydrogen (secondary N) is 3. The van der Waals surface area contributed by atoms with Crippen molar-refractivity contribution in [2.75, 3.05) is 19.6 Å². The third-order valence-corrected chi connectivity index (χ3v) is 2.23. The van der Waals surface area contributed by atoms with Gasteiger partial charge in [-0.3, -0.25) is 14.4 Å². The minimum absolute atomic E-state index is 0.0126. The topological polar surface area (TPSA) is 87.3 Å². The van der Waals surface area contributed by atoms with Crippen LogP contribution in [0.25, 0.3) is 0 Å². The van der Waals surface area contributed by atoms with E-state index in [2.05, 4.69) is 22.5 Å². The average molecular weight is 255 g/mol. The highest BCUT2D eigenvalue weighted by Gasteiger charge is 2.07. The predicted octanol–water partition coefficient (Wildman–Crippen LogP) is -0.638. The van der Waals surface area contributed by atoms with Crippen molar-refractivity contribution >= 4 is 17.6 Å². The van der Waals surface area contributed by atoms with Crippen molar-refractivity contribution < 1.29 is 14.4 Å². The Bertz CT molecular complexity index is 316. The van der Waals surface area contributed by atoms with E-state index in [4.69, 9.17) is 0 Å². The smallest absolute Gasteiger partial charge is 0.239 e. The fourth-order valence-corrected chi connectivity index (χ4v) is 1.15. The monoisotopic (exact) mass is 255 g/mol. The number of carbonyl (C=O) groups is 3. The molecule has 18 heavy (non-hydrogen) atoms. The fraction of sp³-hybridized carbons (Fsp3) is 0.583. The Morgan fingerprint density at radius 1 is 1.11 bits per heavy atom. The molecular formula is C12H21N3O3. The van der Waals surface area contributed by atoms with Crippen LogP contribution < -0.4 is 16.0 Å². The van der Waals surface area contributed by atoms with Crippen LogP contribution in [-0.4, -0.2) is 43.3 Å². The van der Waals surface area contributed by atoms with E-state index in [1.165, 1.54) is 6.92 Å². The highest BCUT2D eigenvalue weighted by Crippen LogP contribution is 1.89. The summed E-state index contributed by atoms with van der Waals surface area (Å²) in [6, 6.07) is 0.0855. The lowest BCUT2D eigenvalue weighted by atomic mass is 10.2. The van der Waals surface area contributed by atoms with Crippen molar-refractivity contribution in [1.29, 1.82) is 0 Å². The first-order chi connectivity index (χ1) is 8.49. The Hall–Kier alpha value is -1.69. The number of Topliss-reactive ketones (excluding diaryl/α,β-unsaturated/α-hetero) is 1. The van der Waals surface area contributed by atoms with Crippen LogP contribution in [0.15, 0.2) is 12.7 Å². The van der Waals surface area contributed by atoms with Gasteiger partial charge in [0.1, 0.15) is 5.78 Å². The summed E-state index contributed by atoms with van der Waals surface area (Å²) in [5.74, 6) is -0.782. The molecule has 6 heteroatoms. The molecule has 0 radical (unpaired) electrons. The maximum absolute atomic E-state index is 11.4. The van der Waals surface area contributed by atoms with Gasteiger partial charge in [-0.15, -0.1) is 6.58 Å². The molecule has 0 saturated heterocycles. The van der Waals surface area contributed by atoms with Gasteiger partial charge in [0, 0.05) is 6.04 Å². The van der Waals surface area contributed by atoms with E-state index >= 15 is 0 Å². The summed E-state index contributed by atoms with van der Waals surface area (Å²) in [6.07, 6.45) is 2.57. The number of hydrogen-bond acceptors (Lipinski definition) is 4. The van der Waals surface area contributed by atoms with Crippen molar-refractivity contribution in [3.63, 3.8) is 0 Å². The summed E-state index contributed by atoms with van der Waals surface area (Å²) in [6.45, 7) is 6.98. The number of hydrogen-bond donors (Lipinski definition) is 3. The molecule has 0 aliphatic rings. The molecule has 0 bridgehead atoms. The van der Waals surface area contributed by atoms with Crippen molar-refractivity contribution in [3.8, 4) is 0 Å². The molecule has 0 rings (SSSR count). The minimum atomic E-state index is -0.380. The molecule has 102 valence electrons. The first-order valence-electron chi connectivity index (χ1n) is 5.88. The SMILES string of the molecule is C=CC(CC)NCC(=O)NCC(=O)NCC(C)=O. The van der Waals surface area contributed by atoms with E-state index in [-0.39, 0.29) is 43.3 Å². The first kappa shape index (κ1) is 16.3. The zero-order chi connectivity index (χ0) is 14.0. The highest BCUT2D eigenvalue weighted by molar-refractivity contribution is 5.88. The van der Waals surface area contributed by atoms with Crippen molar-refractivity contribution in [1.82, 2.24) is 16.0 Å². The first-order valence-corrected chi connectivity index (χ1v) is 5.88. The molecule has 0 aromatic rings. The van der Waals surface area contributed by atoms with Crippen LogP contribution >= 0.6 is 0 Å². The maximum atomic E-state index is 11.4. The van der Waals surface area contributed by atoms with Gasteiger partial charge in [0.15, 0.2) is 0 Å². The largest absolute Gasteiger partial charge is 0.348 e. The summed E-state index contributed by atoms with van der Waals surface area (Å²) < 4.78 is 0. The van der Waals surface area contributed by atoms with E-state index in [0.29, 0.717) is 0 Å². The third kappa shape index (κ3) is 8.46. The Morgan fingerprint density at radius 3 is 2.17 bits per heavy atom. The third-order valence-electron chi connectivity index (χ3n) is 2.23. The molecule has 3 N–H and O–H groups in total. The molecule has 0 aromatic heterocycles. The molecule has 1 atom stereocenters. The summed E-state index contributed by atoms with van der Waals surface area (Å²) in [4.78, 5) is 33.2. The Balaban J connectivity index is 3.73. The highest BCUT2D eigenvalue weighted by atomic mass is 16.2. The maximum Gasteiger partial charge on any atom is 0.239 e. The van der Waals surface area contributed by atoms with Crippen LogP contribution in [0.1, 0.15) is 20.3 Å². The van der Waals surface area contributed by atoms with Gasteiger partial charge in [0.2, 0.25) is 11.8 Å². The lowest BCUT2D eigenvalue weighted by Crippen LogP contribution is -2.43. The molecule has 0 aromatic carbocycles. The summed E-state index contributed by atoms with van der Waals surface area (Å²) in [7, 11) is 0. The van der Waals surface area contributed by atoms with Crippen LogP contribution in [0, 0.1) is 0 Å². The van der Waals surface area contributed by atoms with Crippen LogP contribution in [0.3, 0.4) is 0 Å².